The molecule has 0 aliphatic carbocycles. The van der Waals surface area contributed by atoms with Crippen molar-refractivity contribution in [2.45, 2.75) is 44.9 Å². The quantitative estimate of drug-likeness (QED) is 0.284. The standard InChI is InChI=1S/C17H30O9P2S/c1-6-22-27(18,23-7-2)17(28(19,24-8-3)25-9-4)14-26-29(20,21)16-12-10-15(5)11-13-16/h10-13,17H,6-9,14H2,1-5H3. The summed E-state index contributed by atoms with van der Waals surface area (Å²) in [5, 5.41) is -1.57. The predicted molar refractivity (Wildman–Crippen MR) is 110 cm³/mol. The van der Waals surface area contributed by atoms with E-state index in [1.54, 1.807) is 39.8 Å². The average Bonchev–Trinajstić information content (AvgIpc) is 2.62. The fourth-order valence-electron chi connectivity index (χ4n) is 2.42. The van der Waals surface area contributed by atoms with E-state index in [4.69, 9.17) is 22.3 Å². The summed E-state index contributed by atoms with van der Waals surface area (Å²) in [4.78, 5) is -0.0906. The van der Waals surface area contributed by atoms with Crippen molar-refractivity contribution in [1.82, 2.24) is 0 Å². The van der Waals surface area contributed by atoms with Crippen LogP contribution in [0.5, 0.6) is 0 Å². The van der Waals surface area contributed by atoms with Crippen LogP contribution in [0, 0.1) is 6.92 Å². The molecule has 0 atom stereocenters. The second-order valence-corrected chi connectivity index (χ2v) is 12.2. The van der Waals surface area contributed by atoms with Crippen molar-refractivity contribution in [2.75, 3.05) is 33.0 Å². The van der Waals surface area contributed by atoms with Crippen LogP contribution < -0.4 is 0 Å². The Bertz CT molecular complexity index is 774. The molecule has 0 fully saturated rings. The first kappa shape index (κ1) is 26.5. The number of hydrogen-bond acceptors (Lipinski definition) is 9. The van der Waals surface area contributed by atoms with Gasteiger partial charge in [0, 0.05) is 0 Å². The van der Waals surface area contributed by atoms with Gasteiger partial charge >= 0.3 is 15.2 Å². The Balaban J connectivity index is 3.31. The van der Waals surface area contributed by atoms with E-state index in [-0.39, 0.29) is 31.3 Å². The highest BCUT2D eigenvalue weighted by atomic mass is 32.2. The van der Waals surface area contributed by atoms with Crippen molar-refractivity contribution in [2.24, 2.45) is 0 Å². The minimum absolute atomic E-state index is 0.0171. The lowest BCUT2D eigenvalue weighted by molar-refractivity contribution is 0.183. The van der Waals surface area contributed by atoms with Crippen molar-refractivity contribution in [3.63, 3.8) is 0 Å². The van der Waals surface area contributed by atoms with Gasteiger partial charge in [0.1, 0.15) is 0 Å². The zero-order valence-electron chi connectivity index (χ0n) is 17.4. The van der Waals surface area contributed by atoms with Gasteiger partial charge in [-0.05, 0) is 46.8 Å². The van der Waals surface area contributed by atoms with Crippen molar-refractivity contribution < 1.29 is 39.8 Å². The summed E-state index contributed by atoms with van der Waals surface area (Å²) in [6.45, 7) is 7.32. The van der Waals surface area contributed by atoms with Gasteiger partial charge in [-0.1, -0.05) is 17.7 Å². The fraction of sp³-hybridized carbons (Fsp3) is 0.647. The van der Waals surface area contributed by atoms with Gasteiger partial charge in [0.15, 0.2) is 5.40 Å². The third kappa shape index (κ3) is 7.26. The van der Waals surface area contributed by atoms with Gasteiger partial charge in [-0.3, -0.25) is 13.3 Å². The lowest BCUT2D eigenvalue weighted by Crippen LogP contribution is -2.24. The fourth-order valence-corrected chi connectivity index (χ4v) is 8.52. The molecular weight excluding hydrogens is 442 g/mol. The van der Waals surface area contributed by atoms with Gasteiger partial charge in [-0.25, -0.2) is 0 Å². The van der Waals surface area contributed by atoms with Crippen molar-refractivity contribution in [3.8, 4) is 0 Å². The smallest absolute Gasteiger partial charge is 0.308 e. The maximum atomic E-state index is 13.4. The normalized spacial score (nSPS) is 13.2. The van der Waals surface area contributed by atoms with Crippen LogP contribution in [0.1, 0.15) is 33.3 Å². The molecular formula is C17H30O9P2S. The maximum absolute atomic E-state index is 13.4. The first-order valence-electron chi connectivity index (χ1n) is 9.32. The van der Waals surface area contributed by atoms with Crippen LogP contribution in [0.25, 0.3) is 0 Å². The summed E-state index contributed by atoms with van der Waals surface area (Å²) in [7, 11) is -12.4. The zero-order valence-corrected chi connectivity index (χ0v) is 20.0. The molecule has 0 saturated carbocycles. The molecule has 0 aromatic heterocycles. The van der Waals surface area contributed by atoms with Crippen molar-refractivity contribution >= 4 is 25.3 Å². The third-order valence-electron chi connectivity index (χ3n) is 3.65. The molecule has 0 amide bonds. The highest BCUT2D eigenvalue weighted by Gasteiger charge is 2.51. The van der Waals surface area contributed by atoms with E-state index in [1.807, 2.05) is 6.92 Å². The Morgan fingerprint density at radius 1 is 0.793 bits per heavy atom. The summed E-state index contributed by atoms with van der Waals surface area (Å²) >= 11 is 0. The van der Waals surface area contributed by atoms with Crippen LogP contribution in [0.15, 0.2) is 29.2 Å². The van der Waals surface area contributed by atoms with E-state index in [0.29, 0.717) is 0 Å². The van der Waals surface area contributed by atoms with Gasteiger partial charge in [-0.2, -0.15) is 8.42 Å². The molecule has 0 aliphatic heterocycles. The van der Waals surface area contributed by atoms with Crippen LogP contribution in [-0.2, 0) is 41.5 Å². The highest BCUT2D eigenvalue weighted by molar-refractivity contribution is 7.86. The first-order valence-corrected chi connectivity index (χ1v) is 13.9. The third-order valence-corrected chi connectivity index (χ3v) is 10.9. The van der Waals surface area contributed by atoms with E-state index in [2.05, 4.69) is 0 Å². The minimum atomic E-state index is -4.22. The van der Waals surface area contributed by atoms with Crippen molar-refractivity contribution in [1.29, 1.82) is 0 Å². The second-order valence-electron chi connectivity index (χ2n) is 5.78. The number of benzene rings is 1. The van der Waals surface area contributed by atoms with Crippen LogP contribution in [0.2, 0.25) is 0 Å². The number of aryl methyl sites for hydroxylation is 1. The molecule has 9 nitrogen and oxygen atoms in total. The van der Waals surface area contributed by atoms with E-state index in [0.717, 1.165) is 5.56 Å². The molecule has 0 heterocycles. The largest absolute Gasteiger partial charge is 0.348 e. The van der Waals surface area contributed by atoms with Gasteiger partial charge in [0.2, 0.25) is 0 Å². The first-order chi connectivity index (χ1) is 13.6. The van der Waals surface area contributed by atoms with E-state index < -0.39 is 37.3 Å². The molecule has 0 saturated heterocycles. The molecule has 0 bridgehead atoms. The lowest BCUT2D eigenvalue weighted by Gasteiger charge is -2.30. The molecule has 0 N–H and O–H groups in total. The second kappa shape index (κ2) is 11.7. The lowest BCUT2D eigenvalue weighted by atomic mass is 10.2. The van der Waals surface area contributed by atoms with Gasteiger partial charge < -0.3 is 18.1 Å². The summed E-state index contributed by atoms with van der Waals surface area (Å²) in [5.74, 6) is 0. The SMILES string of the molecule is CCOP(=O)(OCC)C(COS(=O)(=O)c1ccc(C)cc1)P(=O)(OCC)OCC. The van der Waals surface area contributed by atoms with Gasteiger partial charge in [-0.15, -0.1) is 0 Å². The molecule has 0 spiro atoms. The summed E-state index contributed by atoms with van der Waals surface area (Å²) < 4.78 is 78.1. The van der Waals surface area contributed by atoms with Gasteiger partial charge in [0.05, 0.1) is 37.9 Å². The molecule has 1 rings (SSSR count). The van der Waals surface area contributed by atoms with Gasteiger partial charge in [0.25, 0.3) is 10.1 Å². The van der Waals surface area contributed by atoms with Crippen molar-refractivity contribution in [3.05, 3.63) is 29.8 Å². The maximum Gasteiger partial charge on any atom is 0.348 e. The van der Waals surface area contributed by atoms with E-state index in [1.165, 1.54) is 12.1 Å². The molecule has 12 heteroatoms. The summed E-state index contributed by atoms with van der Waals surface area (Å²) in [6.07, 6.45) is 0. The Kier molecular flexibility index (Phi) is 10.7. The van der Waals surface area contributed by atoms with Crippen LogP contribution in [-0.4, -0.2) is 46.9 Å². The monoisotopic (exact) mass is 472 g/mol. The number of rotatable bonds is 14. The predicted octanol–water partition coefficient (Wildman–Crippen LogP) is 4.56. The average molecular weight is 472 g/mol. The van der Waals surface area contributed by atoms with Crippen LogP contribution in [0.4, 0.5) is 0 Å². The number of hydrogen-bond donors (Lipinski definition) is 0. The van der Waals surface area contributed by atoms with E-state index in [9.17, 15) is 17.5 Å². The highest BCUT2D eigenvalue weighted by Crippen LogP contribution is 2.70. The molecule has 29 heavy (non-hydrogen) atoms. The Hall–Kier alpha value is -0.570. The van der Waals surface area contributed by atoms with Crippen LogP contribution >= 0.6 is 15.2 Å². The summed E-state index contributed by atoms with van der Waals surface area (Å²) in [5.41, 5.74) is 0.871. The Morgan fingerprint density at radius 3 is 1.52 bits per heavy atom. The summed E-state index contributed by atoms with van der Waals surface area (Å²) in [6, 6.07) is 6.00. The zero-order chi connectivity index (χ0) is 22.1. The molecule has 1 aromatic carbocycles. The van der Waals surface area contributed by atoms with Crippen LogP contribution in [0.3, 0.4) is 0 Å². The van der Waals surface area contributed by atoms with E-state index >= 15 is 0 Å². The molecule has 0 unspecified atom stereocenters. The molecule has 168 valence electrons. The molecule has 1 aromatic rings. The minimum Gasteiger partial charge on any atom is -0.308 e. The Labute approximate surface area is 173 Å². The topological polar surface area (TPSA) is 114 Å². The molecule has 0 aliphatic rings. The molecule has 0 radical (unpaired) electrons. The Morgan fingerprint density at radius 2 is 1.17 bits per heavy atom.